The van der Waals surface area contributed by atoms with Gasteiger partial charge < -0.3 is 9.80 Å². The number of halogens is 2. The molecule has 0 atom stereocenters. The summed E-state index contributed by atoms with van der Waals surface area (Å²) in [6.45, 7) is 3.73. The molecule has 0 saturated carbocycles. The molecule has 2 aromatic carbocycles. The molecular formula is C23H26F2N2O. The van der Waals surface area contributed by atoms with Crippen molar-refractivity contribution in [2.75, 3.05) is 31.1 Å². The van der Waals surface area contributed by atoms with Gasteiger partial charge in [-0.3, -0.25) is 4.79 Å². The molecule has 2 aliphatic rings. The van der Waals surface area contributed by atoms with Gasteiger partial charge in [0, 0.05) is 38.3 Å². The van der Waals surface area contributed by atoms with E-state index in [-0.39, 0.29) is 5.91 Å². The second kappa shape index (κ2) is 8.29. The van der Waals surface area contributed by atoms with Crippen LogP contribution in [0.4, 0.5) is 14.5 Å². The molecule has 0 aliphatic carbocycles. The molecule has 1 saturated heterocycles. The average Bonchev–Trinajstić information content (AvgIpc) is 3.12. The molecular weight excluding hydrogens is 358 g/mol. The van der Waals surface area contributed by atoms with Gasteiger partial charge in [-0.1, -0.05) is 24.3 Å². The van der Waals surface area contributed by atoms with E-state index in [0.717, 1.165) is 51.5 Å². The Hall–Kier alpha value is -2.43. The van der Waals surface area contributed by atoms with Crippen molar-refractivity contribution in [2.24, 2.45) is 5.92 Å². The van der Waals surface area contributed by atoms with E-state index < -0.39 is 11.6 Å². The molecule has 0 bridgehead atoms. The van der Waals surface area contributed by atoms with E-state index in [1.165, 1.54) is 17.3 Å². The molecule has 0 radical (unpaired) electrons. The molecule has 5 heteroatoms. The number of benzene rings is 2. The van der Waals surface area contributed by atoms with Gasteiger partial charge in [0.25, 0.3) is 0 Å². The van der Waals surface area contributed by atoms with Gasteiger partial charge in [0.05, 0.1) is 0 Å². The number of amides is 1. The SMILES string of the molecule is O=C(CCc1ccc(F)c(F)c1)N1CCC(CN2CCc3ccccc32)CC1. The van der Waals surface area contributed by atoms with E-state index >= 15 is 0 Å². The topological polar surface area (TPSA) is 23.6 Å². The van der Waals surface area contributed by atoms with Gasteiger partial charge in [0.1, 0.15) is 0 Å². The molecule has 3 nitrogen and oxygen atoms in total. The van der Waals surface area contributed by atoms with Crippen molar-refractivity contribution in [2.45, 2.75) is 32.1 Å². The van der Waals surface area contributed by atoms with Gasteiger partial charge in [-0.15, -0.1) is 0 Å². The number of carbonyl (C=O) groups excluding carboxylic acids is 1. The first-order valence-corrected chi connectivity index (χ1v) is 10.1. The minimum atomic E-state index is -0.853. The molecule has 4 rings (SSSR count). The third kappa shape index (κ3) is 4.18. The van der Waals surface area contributed by atoms with Crippen LogP contribution in [-0.4, -0.2) is 37.0 Å². The summed E-state index contributed by atoms with van der Waals surface area (Å²) in [5, 5.41) is 0. The van der Waals surface area contributed by atoms with E-state index in [4.69, 9.17) is 0 Å². The zero-order chi connectivity index (χ0) is 19.5. The van der Waals surface area contributed by atoms with Crippen LogP contribution in [0.2, 0.25) is 0 Å². The van der Waals surface area contributed by atoms with Crippen LogP contribution in [0.25, 0.3) is 0 Å². The maximum absolute atomic E-state index is 13.3. The zero-order valence-corrected chi connectivity index (χ0v) is 16.0. The maximum Gasteiger partial charge on any atom is 0.222 e. The summed E-state index contributed by atoms with van der Waals surface area (Å²) in [6, 6.07) is 12.5. The summed E-state index contributed by atoms with van der Waals surface area (Å²) in [6.07, 6.45) is 3.96. The quantitative estimate of drug-likeness (QED) is 0.771. The third-order valence-corrected chi connectivity index (χ3v) is 6.04. The fourth-order valence-corrected chi connectivity index (χ4v) is 4.38. The second-order valence-electron chi connectivity index (χ2n) is 7.90. The Bertz CT molecular complexity index is 846. The van der Waals surface area contributed by atoms with Crippen molar-refractivity contribution in [3.8, 4) is 0 Å². The van der Waals surface area contributed by atoms with Crippen molar-refractivity contribution in [3.63, 3.8) is 0 Å². The molecule has 1 fully saturated rings. The molecule has 2 aromatic rings. The van der Waals surface area contributed by atoms with Crippen LogP contribution >= 0.6 is 0 Å². The van der Waals surface area contributed by atoms with Crippen LogP contribution in [0.1, 0.15) is 30.4 Å². The molecule has 0 N–H and O–H groups in total. The number of carbonyl (C=O) groups is 1. The van der Waals surface area contributed by atoms with Gasteiger partial charge in [-0.05, 0) is 60.9 Å². The van der Waals surface area contributed by atoms with Crippen LogP contribution in [0.3, 0.4) is 0 Å². The number of nitrogens with zero attached hydrogens (tertiary/aromatic N) is 2. The summed E-state index contributed by atoms with van der Waals surface area (Å²) < 4.78 is 26.3. The standard InChI is InChI=1S/C23H26F2N2O/c24-20-7-5-17(15-21(20)25)6-8-23(28)26-12-9-18(10-13-26)16-27-14-11-19-3-1-2-4-22(19)27/h1-5,7,15,18H,6,8-14,16H2. The summed E-state index contributed by atoms with van der Waals surface area (Å²) in [5.41, 5.74) is 3.47. The number of piperidine rings is 1. The van der Waals surface area contributed by atoms with Gasteiger partial charge >= 0.3 is 0 Å². The van der Waals surface area contributed by atoms with Crippen molar-refractivity contribution in [3.05, 3.63) is 65.2 Å². The fraction of sp³-hybridized carbons (Fsp3) is 0.435. The smallest absolute Gasteiger partial charge is 0.222 e. The average molecular weight is 384 g/mol. The van der Waals surface area contributed by atoms with Crippen LogP contribution in [0.15, 0.2) is 42.5 Å². The maximum atomic E-state index is 13.3. The first kappa shape index (κ1) is 18.9. The molecule has 0 aromatic heterocycles. The minimum Gasteiger partial charge on any atom is -0.371 e. The molecule has 2 aliphatic heterocycles. The fourth-order valence-electron chi connectivity index (χ4n) is 4.38. The van der Waals surface area contributed by atoms with Gasteiger partial charge in [0.2, 0.25) is 5.91 Å². The normalized spacial score (nSPS) is 17.1. The summed E-state index contributed by atoms with van der Waals surface area (Å²) in [5.74, 6) is -0.983. The highest BCUT2D eigenvalue weighted by molar-refractivity contribution is 5.76. The molecule has 1 amide bonds. The first-order valence-electron chi connectivity index (χ1n) is 10.1. The number of para-hydroxylation sites is 1. The number of rotatable bonds is 5. The Labute approximate surface area is 165 Å². The Morgan fingerprint density at radius 2 is 1.79 bits per heavy atom. The first-order chi connectivity index (χ1) is 13.6. The van der Waals surface area contributed by atoms with Gasteiger partial charge in [-0.25, -0.2) is 8.78 Å². The lowest BCUT2D eigenvalue weighted by Gasteiger charge is -2.34. The largest absolute Gasteiger partial charge is 0.371 e. The van der Waals surface area contributed by atoms with Gasteiger partial charge in [-0.2, -0.15) is 0 Å². The lowest BCUT2D eigenvalue weighted by molar-refractivity contribution is -0.132. The van der Waals surface area contributed by atoms with Crippen LogP contribution in [0, 0.1) is 17.6 Å². The Balaban J connectivity index is 1.24. The highest BCUT2D eigenvalue weighted by Crippen LogP contribution is 2.30. The monoisotopic (exact) mass is 384 g/mol. The van der Waals surface area contributed by atoms with Crippen molar-refractivity contribution < 1.29 is 13.6 Å². The van der Waals surface area contributed by atoms with E-state index in [9.17, 15) is 13.6 Å². The number of aryl methyl sites for hydroxylation is 1. The highest BCUT2D eigenvalue weighted by Gasteiger charge is 2.26. The van der Waals surface area contributed by atoms with E-state index in [2.05, 4.69) is 29.2 Å². The summed E-state index contributed by atoms with van der Waals surface area (Å²) in [7, 11) is 0. The number of likely N-dealkylation sites (tertiary alicyclic amines) is 1. The predicted octanol–water partition coefficient (Wildman–Crippen LogP) is 4.20. The molecule has 0 unspecified atom stereocenters. The lowest BCUT2D eigenvalue weighted by Crippen LogP contribution is -2.41. The highest BCUT2D eigenvalue weighted by atomic mass is 19.2. The molecule has 28 heavy (non-hydrogen) atoms. The van der Waals surface area contributed by atoms with E-state index in [1.807, 2.05) is 4.90 Å². The Morgan fingerprint density at radius 3 is 2.57 bits per heavy atom. The molecule has 0 spiro atoms. The minimum absolute atomic E-state index is 0.106. The van der Waals surface area contributed by atoms with Crippen LogP contribution in [-0.2, 0) is 17.6 Å². The predicted molar refractivity (Wildman–Crippen MR) is 106 cm³/mol. The van der Waals surface area contributed by atoms with Gasteiger partial charge in [0.15, 0.2) is 11.6 Å². The van der Waals surface area contributed by atoms with E-state index in [0.29, 0.717) is 24.3 Å². The number of hydrogen-bond donors (Lipinski definition) is 0. The Kier molecular flexibility index (Phi) is 5.60. The number of fused-ring (bicyclic) bond motifs is 1. The van der Waals surface area contributed by atoms with Crippen molar-refractivity contribution >= 4 is 11.6 Å². The zero-order valence-electron chi connectivity index (χ0n) is 16.0. The summed E-state index contributed by atoms with van der Waals surface area (Å²) in [4.78, 5) is 16.9. The van der Waals surface area contributed by atoms with Crippen LogP contribution < -0.4 is 4.90 Å². The summed E-state index contributed by atoms with van der Waals surface area (Å²) >= 11 is 0. The van der Waals surface area contributed by atoms with Crippen LogP contribution in [0.5, 0.6) is 0 Å². The van der Waals surface area contributed by atoms with E-state index in [1.54, 1.807) is 6.07 Å². The van der Waals surface area contributed by atoms with Crippen molar-refractivity contribution in [1.82, 2.24) is 4.90 Å². The van der Waals surface area contributed by atoms with Crippen molar-refractivity contribution in [1.29, 1.82) is 0 Å². The third-order valence-electron chi connectivity index (χ3n) is 6.04. The second-order valence-corrected chi connectivity index (χ2v) is 7.90. The number of anilines is 1. The number of hydrogen-bond acceptors (Lipinski definition) is 2. The Morgan fingerprint density at radius 1 is 1.00 bits per heavy atom. The molecule has 2 heterocycles. The molecule has 148 valence electrons. The lowest BCUT2D eigenvalue weighted by atomic mass is 9.95.